The van der Waals surface area contributed by atoms with Gasteiger partial charge in [-0.3, -0.25) is 0 Å². The Labute approximate surface area is 101 Å². The molecule has 0 spiro atoms. The van der Waals surface area contributed by atoms with Gasteiger partial charge in [-0.25, -0.2) is 39.2 Å². The van der Waals surface area contributed by atoms with Crippen molar-refractivity contribution in [3.8, 4) is 0 Å². The van der Waals surface area contributed by atoms with Gasteiger partial charge in [0.2, 0.25) is 0 Å². The van der Waals surface area contributed by atoms with Gasteiger partial charge in [-0.05, 0) is 0 Å². The van der Waals surface area contributed by atoms with Crippen molar-refractivity contribution < 1.29 is 19.5 Å². The molecular formula is C13H17Ru. The summed E-state index contributed by atoms with van der Waals surface area (Å²) in [4.78, 5) is 0. The Morgan fingerprint density at radius 1 is 1.14 bits per heavy atom. The maximum Gasteiger partial charge on any atom is 3.00 e. The third-order valence-electron chi connectivity index (χ3n) is 1.59. The van der Waals surface area contributed by atoms with Crippen molar-refractivity contribution in [1.29, 1.82) is 0 Å². The predicted molar refractivity (Wildman–Crippen MR) is 60.7 cm³/mol. The third-order valence-corrected chi connectivity index (χ3v) is 1.59. The molecule has 0 aliphatic heterocycles. The molecule has 0 saturated heterocycles. The maximum absolute atomic E-state index is 3.25. The number of allylic oxidation sites excluding steroid dienone is 6. The Kier molecular flexibility index (Phi) is 11.5. The molecule has 0 aromatic rings. The van der Waals surface area contributed by atoms with Gasteiger partial charge in [0, 0.05) is 0 Å². The first-order valence-electron chi connectivity index (χ1n) is 4.31. The zero-order chi connectivity index (χ0) is 10.1. The van der Waals surface area contributed by atoms with Crippen molar-refractivity contribution in [2.75, 3.05) is 0 Å². The Morgan fingerprint density at radius 2 is 1.50 bits per heavy atom. The molecule has 1 heteroatoms. The third kappa shape index (κ3) is 6.68. The van der Waals surface area contributed by atoms with Crippen LogP contribution in [0.25, 0.3) is 0 Å². The topological polar surface area (TPSA) is 0 Å². The van der Waals surface area contributed by atoms with E-state index in [2.05, 4.69) is 51.3 Å². The fourth-order valence-electron chi connectivity index (χ4n) is 1.16. The van der Waals surface area contributed by atoms with Crippen LogP contribution in [0.3, 0.4) is 0 Å². The van der Waals surface area contributed by atoms with E-state index in [1.54, 1.807) is 0 Å². The van der Waals surface area contributed by atoms with Crippen LogP contribution in [0.2, 0.25) is 0 Å². The first kappa shape index (κ1) is 15.7. The summed E-state index contributed by atoms with van der Waals surface area (Å²) < 4.78 is 0. The molecule has 1 radical (unpaired) electrons. The summed E-state index contributed by atoms with van der Waals surface area (Å²) in [5, 5.41) is 0. The summed E-state index contributed by atoms with van der Waals surface area (Å²) in [6.07, 6.45) is 13.2. The molecule has 0 N–H and O–H groups in total. The Bertz CT molecular complexity index is 167. The Balaban J connectivity index is 0. The molecule has 0 atom stereocenters. The minimum atomic E-state index is 0. The molecule has 2 aliphatic rings. The van der Waals surface area contributed by atoms with Crippen LogP contribution in [0.5, 0.6) is 0 Å². The fourth-order valence-corrected chi connectivity index (χ4v) is 1.16. The zero-order valence-electron chi connectivity index (χ0n) is 8.43. The van der Waals surface area contributed by atoms with Crippen LogP contribution in [0.15, 0.2) is 49.6 Å². The molecule has 2 aliphatic carbocycles. The van der Waals surface area contributed by atoms with Crippen molar-refractivity contribution in [3.63, 3.8) is 0 Å². The van der Waals surface area contributed by atoms with Gasteiger partial charge in [0.15, 0.2) is 0 Å². The monoisotopic (exact) mass is 275 g/mol. The van der Waals surface area contributed by atoms with Gasteiger partial charge in [0.25, 0.3) is 0 Å². The quantitative estimate of drug-likeness (QED) is 0.466. The number of hydrogen-bond acceptors (Lipinski definition) is 0. The van der Waals surface area contributed by atoms with Crippen molar-refractivity contribution >= 4 is 0 Å². The van der Waals surface area contributed by atoms with Crippen LogP contribution in [0, 0.1) is 25.7 Å². The van der Waals surface area contributed by atoms with Crippen molar-refractivity contribution in [1.82, 2.24) is 0 Å². The predicted octanol–water partition coefficient (Wildman–Crippen LogP) is 3.72. The average molecular weight is 274 g/mol. The summed E-state index contributed by atoms with van der Waals surface area (Å²) in [5.74, 6) is 2.28. The molecule has 0 aromatic carbocycles. The van der Waals surface area contributed by atoms with E-state index in [1.165, 1.54) is 24.5 Å². The van der Waals surface area contributed by atoms with Crippen LogP contribution in [-0.4, -0.2) is 0 Å². The molecule has 14 heavy (non-hydrogen) atoms. The molecule has 0 amide bonds. The second-order valence-corrected chi connectivity index (χ2v) is 2.74. The van der Waals surface area contributed by atoms with Crippen LogP contribution in [-0.2, 0) is 19.5 Å². The summed E-state index contributed by atoms with van der Waals surface area (Å²) in [6, 6.07) is 0. The van der Waals surface area contributed by atoms with Crippen molar-refractivity contribution in [2.45, 2.75) is 6.42 Å². The van der Waals surface area contributed by atoms with Crippen LogP contribution in [0.1, 0.15) is 6.42 Å². The summed E-state index contributed by atoms with van der Waals surface area (Å²) in [6.45, 7) is 13.0. The van der Waals surface area contributed by atoms with E-state index >= 15 is 0 Å². The second kappa shape index (κ2) is 10.3. The van der Waals surface area contributed by atoms with Crippen LogP contribution in [0.4, 0.5) is 0 Å². The summed E-state index contributed by atoms with van der Waals surface area (Å²) in [7, 11) is 0. The van der Waals surface area contributed by atoms with E-state index in [9.17, 15) is 0 Å². The maximum atomic E-state index is 3.25. The smallest absolute Gasteiger partial charge is 0.245 e. The summed E-state index contributed by atoms with van der Waals surface area (Å²) in [5.41, 5.74) is 0. The molecule has 0 nitrogen and oxygen atoms in total. The molecule has 0 aromatic heterocycles. The molecule has 0 heterocycles. The van der Waals surface area contributed by atoms with Gasteiger partial charge in [-0.2, -0.15) is 30.2 Å². The van der Waals surface area contributed by atoms with E-state index in [-0.39, 0.29) is 19.5 Å². The van der Waals surface area contributed by atoms with Crippen molar-refractivity contribution in [3.05, 3.63) is 69.4 Å². The second-order valence-electron chi connectivity index (χ2n) is 2.74. The van der Waals surface area contributed by atoms with Gasteiger partial charge in [0.1, 0.15) is 0 Å². The minimum absolute atomic E-state index is 0. The number of rotatable bonds is 0. The molecule has 0 saturated carbocycles. The van der Waals surface area contributed by atoms with Gasteiger partial charge < -0.3 is 0 Å². The van der Waals surface area contributed by atoms with Crippen molar-refractivity contribution in [2.24, 2.45) is 5.92 Å². The molecule has 77 valence electrons. The van der Waals surface area contributed by atoms with E-state index < -0.39 is 0 Å². The fraction of sp³-hybridized carbons (Fsp3) is 0.154. The van der Waals surface area contributed by atoms with E-state index in [0.717, 1.165) is 5.92 Å². The van der Waals surface area contributed by atoms with Gasteiger partial charge >= 0.3 is 19.5 Å². The van der Waals surface area contributed by atoms with Gasteiger partial charge in [-0.1, -0.05) is 6.42 Å². The summed E-state index contributed by atoms with van der Waals surface area (Å²) >= 11 is 0. The minimum Gasteiger partial charge on any atom is -0.245 e. The number of fused-ring (bicyclic) bond motifs is 2. The van der Waals surface area contributed by atoms with Gasteiger partial charge in [-0.15, -0.1) is 5.92 Å². The number of hydrogen-bond donors (Lipinski definition) is 0. The Hall–Kier alpha value is -0.807. The standard InChI is InChI=1S/C7H7.2C3H5.Ru/c1-2-7-4-3-6(1)5-7;2*1-3-2;/h1-4,6H,5H2;2*3H,1-2H2;/q3*-1;+3. The van der Waals surface area contributed by atoms with E-state index in [1.807, 2.05) is 0 Å². The van der Waals surface area contributed by atoms with Crippen LogP contribution < -0.4 is 0 Å². The van der Waals surface area contributed by atoms with Gasteiger partial charge in [0.05, 0.1) is 0 Å². The molecule has 2 rings (SSSR count). The first-order valence-corrected chi connectivity index (χ1v) is 4.31. The largest absolute Gasteiger partial charge is 3.00 e. The molecule has 0 fully saturated rings. The first-order chi connectivity index (χ1) is 6.28. The molecular weight excluding hydrogens is 257 g/mol. The average Bonchev–Trinajstić information content (AvgIpc) is 2.69. The SMILES string of the molecule is C1=CC2C=C[C-]1C2.C=C[CH2-].C=C[CH2-].[Ru+3]. The van der Waals surface area contributed by atoms with E-state index in [0.29, 0.717) is 0 Å². The van der Waals surface area contributed by atoms with E-state index in [4.69, 9.17) is 0 Å². The van der Waals surface area contributed by atoms with Crippen LogP contribution >= 0.6 is 0 Å². The molecule has 0 unspecified atom stereocenters. The normalized spacial score (nSPS) is 14.4. The molecule has 2 bridgehead atoms. The Morgan fingerprint density at radius 3 is 1.57 bits per heavy atom. The zero-order valence-corrected chi connectivity index (χ0v) is 10.2.